The van der Waals surface area contributed by atoms with E-state index in [9.17, 15) is 4.79 Å². The van der Waals surface area contributed by atoms with E-state index in [4.69, 9.17) is 16.0 Å². The van der Waals surface area contributed by atoms with Crippen LogP contribution in [0.2, 0.25) is 5.02 Å². The average molecular weight is 334 g/mol. The first-order chi connectivity index (χ1) is 10.6. The van der Waals surface area contributed by atoms with Crippen LogP contribution >= 0.6 is 22.9 Å². The number of nitrogens with one attached hydrogen (secondary N) is 1. The van der Waals surface area contributed by atoms with Gasteiger partial charge in [-0.1, -0.05) is 11.6 Å². The lowest BCUT2D eigenvalue weighted by Crippen LogP contribution is -2.14. The second-order valence-electron chi connectivity index (χ2n) is 4.67. The van der Waals surface area contributed by atoms with Crippen molar-refractivity contribution in [3.05, 3.63) is 52.2 Å². The highest BCUT2D eigenvalue weighted by molar-refractivity contribution is 7.13. The van der Waals surface area contributed by atoms with Crippen molar-refractivity contribution >= 4 is 34.5 Å². The number of carbonyl (C=O) groups is 1. The Morgan fingerprint density at radius 3 is 2.73 bits per heavy atom. The van der Waals surface area contributed by atoms with E-state index in [1.54, 1.807) is 24.3 Å². The lowest BCUT2D eigenvalue weighted by atomic mass is 10.3. The third-order valence-electron chi connectivity index (χ3n) is 2.96. The van der Waals surface area contributed by atoms with Gasteiger partial charge in [-0.15, -0.1) is 21.5 Å². The molecule has 1 aromatic carbocycles. The molecule has 1 N–H and O–H groups in total. The minimum atomic E-state index is -0.222. The van der Waals surface area contributed by atoms with Crippen LogP contribution in [0.15, 0.2) is 40.1 Å². The van der Waals surface area contributed by atoms with Crippen molar-refractivity contribution < 1.29 is 9.21 Å². The molecule has 2 aromatic heterocycles. The van der Waals surface area contributed by atoms with Gasteiger partial charge in [0.05, 0.1) is 4.88 Å². The van der Waals surface area contributed by atoms with E-state index in [1.165, 1.54) is 11.3 Å². The summed E-state index contributed by atoms with van der Waals surface area (Å²) < 4.78 is 5.54. The number of benzene rings is 1. The summed E-state index contributed by atoms with van der Waals surface area (Å²) in [4.78, 5) is 12.9. The summed E-state index contributed by atoms with van der Waals surface area (Å²) in [6, 6.07) is 8.86. The molecule has 2 heterocycles. The number of rotatable bonds is 4. The van der Waals surface area contributed by atoms with E-state index >= 15 is 0 Å². The molecule has 0 fully saturated rings. The Labute approximate surface area is 135 Å². The summed E-state index contributed by atoms with van der Waals surface area (Å²) in [6.07, 6.45) is 0.0278. The minimum absolute atomic E-state index is 0.0278. The number of amides is 1. The number of halogens is 1. The van der Waals surface area contributed by atoms with Gasteiger partial charge in [-0.2, -0.15) is 0 Å². The zero-order valence-corrected chi connectivity index (χ0v) is 13.2. The third-order valence-corrected chi connectivity index (χ3v) is 4.22. The molecule has 0 radical (unpaired) electrons. The molecule has 0 saturated carbocycles. The summed E-state index contributed by atoms with van der Waals surface area (Å²) in [7, 11) is 0. The maximum Gasteiger partial charge on any atom is 0.258 e. The molecule has 5 nitrogen and oxygen atoms in total. The van der Waals surface area contributed by atoms with Crippen molar-refractivity contribution in [1.29, 1.82) is 0 Å². The Bertz CT molecular complexity index is 795. The minimum Gasteiger partial charge on any atom is -0.419 e. The molecule has 7 heteroatoms. The quantitative estimate of drug-likeness (QED) is 0.785. The summed E-state index contributed by atoms with van der Waals surface area (Å²) in [6.45, 7) is 1.98. The van der Waals surface area contributed by atoms with E-state index < -0.39 is 0 Å². The van der Waals surface area contributed by atoms with Crippen molar-refractivity contribution in [2.45, 2.75) is 13.3 Å². The normalized spacial score (nSPS) is 10.6. The number of nitrogens with zero attached hydrogens (tertiary/aromatic N) is 2. The predicted molar refractivity (Wildman–Crippen MR) is 86.1 cm³/mol. The summed E-state index contributed by atoms with van der Waals surface area (Å²) in [5, 5.41) is 13.2. The van der Waals surface area contributed by atoms with E-state index in [0.29, 0.717) is 16.6 Å². The number of aromatic nitrogens is 2. The lowest BCUT2D eigenvalue weighted by molar-refractivity contribution is -0.115. The van der Waals surface area contributed by atoms with E-state index in [1.807, 2.05) is 18.4 Å². The van der Waals surface area contributed by atoms with Crippen LogP contribution in [-0.2, 0) is 11.2 Å². The van der Waals surface area contributed by atoms with Crippen molar-refractivity contribution in [2.75, 3.05) is 5.32 Å². The standard InChI is InChI=1S/C15H12ClN3O2S/c1-9-6-7-22-14(9)15-19-18-13(21-15)8-12(20)17-11-4-2-10(16)3-5-11/h2-7H,8H2,1H3,(H,17,20). The molecule has 3 aromatic rings. The third kappa shape index (κ3) is 3.35. The van der Waals surface area contributed by atoms with Gasteiger partial charge in [0.25, 0.3) is 5.89 Å². The predicted octanol–water partition coefficient (Wildman–Crippen LogP) is 3.94. The first-order valence-electron chi connectivity index (χ1n) is 6.54. The number of aryl methyl sites for hydroxylation is 1. The topological polar surface area (TPSA) is 68.0 Å². The fourth-order valence-electron chi connectivity index (χ4n) is 1.88. The van der Waals surface area contributed by atoms with Crippen LogP contribution in [-0.4, -0.2) is 16.1 Å². The van der Waals surface area contributed by atoms with Gasteiger partial charge in [0.1, 0.15) is 6.42 Å². The van der Waals surface area contributed by atoms with E-state index in [-0.39, 0.29) is 18.2 Å². The number of carbonyl (C=O) groups excluding carboxylic acids is 1. The lowest BCUT2D eigenvalue weighted by Gasteiger charge is -2.03. The van der Waals surface area contributed by atoms with Gasteiger partial charge < -0.3 is 9.73 Å². The van der Waals surface area contributed by atoms with Gasteiger partial charge in [-0.05, 0) is 48.2 Å². The summed E-state index contributed by atoms with van der Waals surface area (Å²) in [5.41, 5.74) is 1.74. The van der Waals surface area contributed by atoms with E-state index in [2.05, 4.69) is 15.5 Å². The first-order valence-corrected chi connectivity index (χ1v) is 7.80. The SMILES string of the molecule is Cc1ccsc1-c1nnc(CC(=O)Nc2ccc(Cl)cc2)o1. The average Bonchev–Trinajstić information content (AvgIpc) is 3.10. The highest BCUT2D eigenvalue weighted by Gasteiger charge is 2.14. The Hall–Kier alpha value is -2.18. The summed E-state index contributed by atoms with van der Waals surface area (Å²) in [5.74, 6) is 0.511. The molecule has 22 heavy (non-hydrogen) atoms. The number of hydrogen-bond acceptors (Lipinski definition) is 5. The fraction of sp³-hybridized carbons (Fsp3) is 0.133. The van der Waals surface area contributed by atoms with Crippen LogP contribution in [0.25, 0.3) is 10.8 Å². The highest BCUT2D eigenvalue weighted by atomic mass is 35.5. The van der Waals surface area contributed by atoms with Gasteiger partial charge >= 0.3 is 0 Å². The van der Waals surface area contributed by atoms with E-state index in [0.717, 1.165) is 10.4 Å². The van der Waals surface area contributed by atoms with Crippen LogP contribution in [0.3, 0.4) is 0 Å². The number of hydrogen-bond donors (Lipinski definition) is 1. The van der Waals surface area contributed by atoms with Gasteiger partial charge in [-0.3, -0.25) is 4.79 Å². The maximum absolute atomic E-state index is 12.0. The van der Waals surface area contributed by atoms with Crippen molar-refractivity contribution in [2.24, 2.45) is 0 Å². The Morgan fingerprint density at radius 1 is 1.27 bits per heavy atom. The van der Waals surface area contributed by atoms with Crippen LogP contribution in [0.1, 0.15) is 11.5 Å². The van der Waals surface area contributed by atoms with Crippen molar-refractivity contribution in [1.82, 2.24) is 10.2 Å². The molecule has 0 bridgehead atoms. The largest absolute Gasteiger partial charge is 0.419 e. The zero-order chi connectivity index (χ0) is 15.5. The molecule has 1 amide bonds. The van der Waals surface area contributed by atoms with Crippen LogP contribution in [0, 0.1) is 6.92 Å². The molecule has 0 aliphatic carbocycles. The molecule has 3 rings (SSSR count). The molecular formula is C15H12ClN3O2S. The fourth-order valence-corrected chi connectivity index (χ4v) is 2.86. The van der Waals surface area contributed by atoms with Crippen LogP contribution in [0.5, 0.6) is 0 Å². The molecule has 0 aliphatic heterocycles. The first kappa shape index (κ1) is 14.7. The molecule has 0 saturated heterocycles. The second-order valence-corrected chi connectivity index (χ2v) is 6.02. The maximum atomic E-state index is 12.0. The number of thiophene rings is 1. The molecular weight excluding hydrogens is 322 g/mol. The van der Waals surface area contributed by atoms with Crippen molar-refractivity contribution in [3.8, 4) is 10.8 Å². The Kier molecular flexibility index (Phi) is 4.22. The highest BCUT2D eigenvalue weighted by Crippen LogP contribution is 2.27. The van der Waals surface area contributed by atoms with Gasteiger partial charge in [-0.25, -0.2) is 0 Å². The van der Waals surface area contributed by atoms with Gasteiger partial charge in [0, 0.05) is 10.7 Å². The van der Waals surface area contributed by atoms with Crippen molar-refractivity contribution in [3.63, 3.8) is 0 Å². The Balaban J connectivity index is 1.66. The smallest absolute Gasteiger partial charge is 0.258 e. The zero-order valence-electron chi connectivity index (χ0n) is 11.7. The van der Waals surface area contributed by atoms with Gasteiger partial charge in [0.2, 0.25) is 11.8 Å². The van der Waals surface area contributed by atoms with Crippen LogP contribution < -0.4 is 5.32 Å². The summed E-state index contributed by atoms with van der Waals surface area (Å²) >= 11 is 7.33. The monoisotopic (exact) mass is 333 g/mol. The molecule has 0 unspecified atom stereocenters. The number of anilines is 1. The molecule has 0 spiro atoms. The van der Waals surface area contributed by atoms with Gasteiger partial charge in [0.15, 0.2) is 0 Å². The molecule has 0 atom stereocenters. The molecule has 112 valence electrons. The Morgan fingerprint density at radius 2 is 2.05 bits per heavy atom. The second kappa shape index (κ2) is 6.29. The van der Waals surface area contributed by atoms with Crippen LogP contribution in [0.4, 0.5) is 5.69 Å². The molecule has 0 aliphatic rings.